The molecular weight excluding hydrogens is 184 g/mol. The van der Waals surface area contributed by atoms with Crippen LogP contribution in [0.2, 0.25) is 0 Å². The van der Waals surface area contributed by atoms with Crippen molar-refractivity contribution in [1.29, 1.82) is 0 Å². The van der Waals surface area contributed by atoms with Gasteiger partial charge in [0.15, 0.2) is 0 Å². The third-order valence-corrected chi connectivity index (χ3v) is 2.21. The van der Waals surface area contributed by atoms with E-state index in [-0.39, 0.29) is 0 Å². The summed E-state index contributed by atoms with van der Waals surface area (Å²) >= 11 is 0. The number of benzene rings is 1. The first-order valence-corrected chi connectivity index (χ1v) is 5.01. The number of rotatable bonds is 2. The maximum absolute atomic E-state index is 4.38. The lowest BCUT2D eigenvalue weighted by Crippen LogP contribution is -1.94. The monoisotopic (exact) mass is 198 g/mol. The number of aromatic nitrogens is 1. The lowest BCUT2D eigenvalue weighted by molar-refractivity contribution is 1.20. The molecule has 15 heavy (non-hydrogen) atoms. The van der Waals surface area contributed by atoms with Crippen LogP contribution in [0.25, 0.3) is 0 Å². The number of nitrogens with zero attached hydrogens (tertiary/aromatic N) is 1. The van der Waals surface area contributed by atoms with E-state index in [2.05, 4.69) is 41.5 Å². The molecular formula is C13H14N2. The first-order valence-electron chi connectivity index (χ1n) is 5.01. The Labute approximate surface area is 90.0 Å². The Kier molecular flexibility index (Phi) is 2.68. The van der Waals surface area contributed by atoms with E-state index in [0.717, 1.165) is 17.2 Å². The van der Waals surface area contributed by atoms with Gasteiger partial charge in [0, 0.05) is 11.4 Å². The molecule has 0 atom stereocenters. The second-order valence-electron chi connectivity index (χ2n) is 3.66. The summed E-state index contributed by atoms with van der Waals surface area (Å²) in [5.41, 5.74) is 3.35. The van der Waals surface area contributed by atoms with Crippen LogP contribution in [0.3, 0.4) is 0 Å². The molecule has 1 aromatic heterocycles. The molecule has 0 bridgehead atoms. The van der Waals surface area contributed by atoms with Crippen molar-refractivity contribution in [3.8, 4) is 0 Å². The quantitative estimate of drug-likeness (QED) is 0.799. The molecule has 1 N–H and O–H groups in total. The van der Waals surface area contributed by atoms with Gasteiger partial charge < -0.3 is 5.32 Å². The molecule has 0 radical (unpaired) electrons. The maximum Gasteiger partial charge on any atom is 0.130 e. The first-order chi connectivity index (χ1) is 7.24. The fourth-order valence-electron chi connectivity index (χ4n) is 1.40. The van der Waals surface area contributed by atoms with E-state index in [1.165, 1.54) is 5.56 Å². The molecule has 0 saturated carbocycles. The van der Waals surface area contributed by atoms with Crippen molar-refractivity contribution in [2.45, 2.75) is 13.8 Å². The minimum absolute atomic E-state index is 0.888. The van der Waals surface area contributed by atoms with Crippen LogP contribution < -0.4 is 5.32 Å². The molecule has 2 aromatic rings. The molecule has 76 valence electrons. The number of nitrogens with one attached hydrogen (secondary N) is 1. The molecule has 2 heteroatoms. The van der Waals surface area contributed by atoms with E-state index in [4.69, 9.17) is 0 Å². The van der Waals surface area contributed by atoms with Gasteiger partial charge in [-0.3, -0.25) is 0 Å². The summed E-state index contributed by atoms with van der Waals surface area (Å²) in [5.74, 6) is 0.888. The lowest BCUT2D eigenvalue weighted by atomic mass is 10.2. The van der Waals surface area contributed by atoms with Crippen molar-refractivity contribution in [1.82, 2.24) is 4.98 Å². The van der Waals surface area contributed by atoms with Gasteiger partial charge in [-0.05, 0) is 38.1 Å². The molecule has 0 spiro atoms. The van der Waals surface area contributed by atoms with E-state index in [9.17, 15) is 0 Å². The van der Waals surface area contributed by atoms with Crippen molar-refractivity contribution in [3.63, 3.8) is 0 Å². The molecule has 0 amide bonds. The van der Waals surface area contributed by atoms with E-state index in [1.807, 2.05) is 25.1 Å². The molecule has 1 heterocycles. The zero-order valence-electron chi connectivity index (χ0n) is 8.99. The normalized spacial score (nSPS) is 10.0. The first kappa shape index (κ1) is 9.71. The van der Waals surface area contributed by atoms with Crippen LogP contribution in [0.15, 0.2) is 42.5 Å². The van der Waals surface area contributed by atoms with Gasteiger partial charge in [-0.2, -0.15) is 0 Å². The Morgan fingerprint density at radius 1 is 0.933 bits per heavy atom. The average Bonchev–Trinajstić information content (AvgIpc) is 2.22. The summed E-state index contributed by atoms with van der Waals surface area (Å²) < 4.78 is 0. The number of aryl methyl sites for hydroxylation is 2. The Hall–Kier alpha value is -1.83. The van der Waals surface area contributed by atoms with Crippen molar-refractivity contribution < 1.29 is 0 Å². The molecule has 1 aromatic carbocycles. The standard InChI is InChI=1S/C13H14N2/c1-10-6-8-12(9-7-10)15-13-5-3-4-11(2)14-13/h3-9H,1-2H3,(H,14,15). The zero-order valence-corrected chi connectivity index (χ0v) is 8.99. The largest absolute Gasteiger partial charge is 0.340 e. The van der Waals surface area contributed by atoms with Crippen molar-refractivity contribution in [2.24, 2.45) is 0 Å². The second kappa shape index (κ2) is 4.13. The highest BCUT2D eigenvalue weighted by Crippen LogP contribution is 2.14. The highest BCUT2D eigenvalue weighted by molar-refractivity contribution is 5.56. The number of anilines is 2. The molecule has 2 rings (SSSR count). The Morgan fingerprint density at radius 2 is 1.67 bits per heavy atom. The van der Waals surface area contributed by atoms with Gasteiger partial charge in [0.25, 0.3) is 0 Å². The van der Waals surface area contributed by atoms with Gasteiger partial charge in [0.05, 0.1) is 0 Å². The third kappa shape index (κ3) is 2.56. The molecule has 0 saturated heterocycles. The molecule has 0 unspecified atom stereocenters. The van der Waals surface area contributed by atoms with E-state index in [0.29, 0.717) is 0 Å². The predicted molar refractivity (Wildman–Crippen MR) is 63.4 cm³/mol. The summed E-state index contributed by atoms with van der Waals surface area (Å²) in [5, 5.41) is 3.26. The smallest absolute Gasteiger partial charge is 0.130 e. The van der Waals surface area contributed by atoms with Gasteiger partial charge in [0.1, 0.15) is 5.82 Å². The summed E-state index contributed by atoms with van der Waals surface area (Å²) in [6.07, 6.45) is 0. The van der Waals surface area contributed by atoms with Crippen molar-refractivity contribution in [2.75, 3.05) is 5.32 Å². The molecule has 0 aliphatic carbocycles. The minimum atomic E-state index is 0.888. The van der Waals surface area contributed by atoms with Gasteiger partial charge in [-0.25, -0.2) is 4.98 Å². The molecule has 0 aliphatic heterocycles. The number of hydrogen-bond donors (Lipinski definition) is 1. The summed E-state index contributed by atoms with van der Waals surface area (Å²) in [6.45, 7) is 4.06. The van der Waals surface area contributed by atoms with Crippen LogP contribution in [-0.2, 0) is 0 Å². The lowest BCUT2D eigenvalue weighted by Gasteiger charge is -2.06. The summed E-state index contributed by atoms with van der Waals surface area (Å²) in [6, 6.07) is 14.2. The van der Waals surface area contributed by atoms with Crippen molar-refractivity contribution in [3.05, 3.63) is 53.7 Å². The van der Waals surface area contributed by atoms with E-state index in [1.54, 1.807) is 0 Å². The fraction of sp³-hybridized carbons (Fsp3) is 0.154. The van der Waals surface area contributed by atoms with Crippen LogP contribution in [0.5, 0.6) is 0 Å². The second-order valence-corrected chi connectivity index (χ2v) is 3.66. The van der Waals surface area contributed by atoms with Gasteiger partial charge in [0.2, 0.25) is 0 Å². The molecule has 0 fully saturated rings. The highest BCUT2D eigenvalue weighted by Gasteiger charge is 1.95. The Morgan fingerprint density at radius 3 is 2.33 bits per heavy atom. The Bertz CT molecular complexity index is 446. The third-order valence-electron chi connectivity index (χ3n) is 2.21. The maximum atomic E-state index is 4.38. The van der Waals surface area contributed by atoms with Crippen LogP contribution in [0.1, 0.15) is 11.3 Å². The number of hydrogen-bond acceptors (Lipinski definition) is 2. The van der Waals surface area contributed by atoms with Crippen LogP contribution >= 0.6 is 0 Å². The van der Waals surface area contributed by atoms with E-state index >= 15 is 0 Å². The summed E-state index contributed by atoms with van der Waals surface area (Å²) in [4.78, 5) is 4.38. The van der Waals surface area contributed by atoms with Crippen LogP contribution in [0.4, 0.5) is 11.5 Å². The highest BCUT2D eigenvalue weighted by atomic mass is 15.0. The average molecular weight is 198 g/mol. The van der Waals surface area contributed by atoms with Gasteiger partial charge in [-0.1, -0.05) is 23.8 Å². The Balaban J connectivity index is 2.18. The molecule has 2 nitrogen and oxygen atoms in total. The SMILES string of the molecule is Cc1ccc(Nc2cccc(C)n2)cc1. The van der Waals surface area contributed by atoms with Crippen molar-refractivity contribution >= 4 is 11.5 Å². The zero-order chi connectivity index (χ0) is 10.7. The fourth-order valence-corrected chi connectivity index (χ4v) is 1.40. The van der Waals surface area contributed by atoms with Crippen LogP contribution in [0, 0.1) is 13.8 Å². The topological polar surface area (TPSA) is 24.9 Å². The summed E-state index contributed by atoms with van der Waals surface area (Å²) in [7, 11) is 0. The van der Waals surface area contributed by atoms with E-state index < -0.39 is 0 Å². The van der Waals surface area contributed by atoms with Gasteiger partial charge in [-0.15, -0.1) is 0 Å². The number of pyridine rings is 1. The minimum Gasteiger partial charge on any atom is -0.340 e. The molecule has 0 aliphatic rings. The van der Waals surface area contributed by atoms with Crippen LogP contribution in [-0.4, -0.2) is 4.98 Å². The van der Waals surface area contributed by atoms with Gasteiger partial charge >= 0.3 is 0 Å². The predicted octanol–water partition coefficient (Wildman–Crippen LogP) is 3.44.